The molecule has 1 amide bonds. The maximum atomic E-state index is 10.3. The topological polar surface area (TPSA) is 66.9 Å². The summed E-state index contributed by atoms with van der Waals surface area (Å²) in [5, 5.41) is 8.04. The van der Waals surface area contributed by atoms with Crippen molar-refractivity contribution < 1.29 is 4.79 Å². The van der Waals surface area contributed by atoms with Crippen LogP contribution in [0, 0.1) is 23.7 Å². The molecule has 0 saturated carbocycles. The minimum absolute atomic E-state index is 0.218. The largest absolute Gasteiger partial charge is 0.369 e. The minimum atomic E-state index is -0.360. The lowest BCUT2D eigenvalue weighted by Crippen LogP contribution is -2.20. The van der Waals surface area contributed by atoms with Crippen molar-refractivity contribution in [1.29, 1.82) is 5.26 Å². The predicted molar refractivity (Wildman–Crippen MR) is 32.9 cm³/mol. The van der Waals surface area contributed by atoms with Gasteiger partial charge in [0.05, 0.1) is 12.5 Å². The summed E-state index contributed by atoms with van der Waals surface area (Å²) < 4.78 is 0. The highest BCUT2D eigenvalue weighted by Crippen LogP contribution is 2.01. The molecule has 0 aliphatic rings. The number of primary amides is 1. The Labute approximate surface area is 54.5 Å². The second kappa shape index (κ2) is 3.90. The van der Waals surface area contributed by atoms with Crippen molar-refractivity contribution in [2.75, 3.05) is 0 Å². The summed E-state index contributed by atoms with van der Waals surface area (Å²) in [6.07, 6.45) is 1.82. The molecule has 0 aliphatic heterocycles. The molecule has 0 rings (SSSR count). The fraction of sp³-hybridized carbons (Fsp3) is 0.500. The van der Waals surface area contributed by atoms with E-state index in [1.165, 1.54) is 6.42 Å². The molecule has 2 N–H and O–H groups in total. The molecule has 0 heterocycles. The van der Waals surface area contributed by atoms with E-state index in [1.807, 2.05) is 6.07 Å². The number of carbonyl (C=O) groups is 1. The normalized spacial score (nSPS) is 12.0. The van der Waals surface area contributed by atoms with Crippen molar-refractivity contribution >= 4 is 5.91 Å². The van der Waals surface area contributed by atoms with Crippen LogP contribution in [0.1, 0.15) is 13.3 Å². The lowest BCUT2D eigenvalue weighted by molar-refractivity contribution is -0.121. The van der Waals surface area contributed by atoms with Gasteiger partial charge in [-0.2, -0.15) is 5.26 Å². The van der Waals surface area contributed by atoms with Crippen LogP contribution in [0.3, 0.4) is 0 Å². The van der Waals surface area contributed by atoms with Crippen LogP contribution in [-0.2, 0) is 4.79 Å². The number of nitrogens with zero attached hydrogens (tertiary/aromatic N) is 1. The van der Waals surface area contributed by atoms with E-state index in [-0.39, 0.29) is 11.8 Å². The van der Waals surface area contributed by atoms with Crippen LogP contribution >= 0.6 is 0 Å². The Hall–Kier alpha value is -1.04. The van der Waals surface area contributed by atoms with E-state index in [0.717, 1.165) is 0 Å². The molecular formula is C6H9N2O. The number of hydrogen-bond acceptors (Lipinski definition) is 2. The SMILES string of the molecule is C[C@@H](C[CH]C#N)C(N)=O. The van der Waals surface area contributed by atoms with E-state index in [0.29, 0.717) is 6.42 Å². The van der Waals surface area contributed by atoms with Gasteiger partial charge in [0, 0.05) is 5.92 Å². The lowest BCUT2D eigenvalue weighted by atomic mass is 10.1. The van der Waals surface area contributed by atoms with Crippen LogP contribution in [0.25, 0.3) is 0 Å². The van der Waals surface area contributed by atoms with Gasteiger partial charge in [0.2, 0.25) is 5.91 Å². The number of carbonyl (C=O) groups excluding carboxylic acids is 1. The van der Waals surface area contributed by atoms with E-state index >= 15 is 0 Å². The standard InChI is InChI=1S/C6H9N2O/c1-5(6(8)9)3-2-4-7/h2,5H,3H2,1H3,(H2,8,9)/t5-/m0/s1. The first kappa shape index (κ1) is 7.96. The van der Waals surface area contributed by atoms with E-state index in [1.54, 1.807) is 6.92 Å². The Morgan fingerprint density at radius 3 is 2.89 bits per heavy atom. The van der Waals surface area contributed by atoms with Gasteiger partial charge in [0.25, 0.3) is 0 Å². The monoisotopic (exact) mass is 125 g/mol. The number of nitrogens with two attached hydrogens (primary N) is 1. The van der Waals surface area contributed by atoms with Gasteiger partial charge in [0.15, 0.2) is 0 Å². The van der Waals surface area contributed by atoms with Gasteiger partial charge < -0.3 is 5.73 Å². The first-order valence-electron chi connectivity index (χ1n) is 2.69. The van der Waals surface area contributed by atoms with Gasteiger partial charge in [0.1, 0.15) is 0 Å². The van der Waals surface area contributed by atoms with Gasteiger partial charge in [-0.05, 0) is 6.42 Å². The molecule has 0 aliphatic carbocycles. The smallest absolute Gasteiger partial charge is 0.220 e. The van der Waals surface area contributed by atoms with E-state index < -0.39 is 0 Å². The summed E-state index contributed by atoms with van der Waals surface area (Å²) in [5.74, 6) is -0.578. The average molecular weight is 125 g/mol. The van der Waals surface area contributed by atoms with Crippen LogP contribution in [0.4, 0.5) is 0 Å². The Morgan fingerprint density at radius 2 is 2.56 bits per heavy atom. The van der Waals surface area contributed by atoms with Crippen molar-refractivity contribution in [3.8, 4) is 6.07 Å². The molecule has 0 fully saturated rings. The first-order valence-corrected chi connectivity index (χ1v) is 2.69. The molecule has 0 aromatic heterocycles. The van der Waals surface area contributed by atoms with E-state index in [2.05, 4.69) is 0 Å². The molecular weight excluding hydrogens is 116 g/mol. The van der Waals surface area contributed by atoms with Crippen LogP contribution in [0.5, 0.6) is 0 Å². The Balaban J connectivity index is 3.41. The molecule has 9 heavy (non-hydrogen) atoms. The predicted octanol–water partition coefficient (Wildman–Crippen LogP) is 0.226. The Bertz CT molecular complexity index is 136. The van der Waals surface area contributed by atoms with Gasteiger partial charge >= 0.3 is 0 Å². The number of hydrogen-bond donors (Lipinski definition) is 1. The van der Waals surface area contributed by atoms with Crippen molar-refractivity contribution in [3.05, 3.63) is 6.42 Å². The molecule has 1 radical (unpaired) electrons. The summed E-state index contributed by atoms with van der Waals surface area (Å²) in [6.45, 7) is 1.69. The highest BCUT2D eigenvalue weighted by molar-refractivity contribution is 5.76. The number of amides is 1. The zero-order valence-electron chi connectivity index (χ0n) is 5.29. The summed E-state index contributed by atoms with van der Waals surface area (Å²) in [6, 6.07) is 1.82. The first-order chi connectivity index (χ1) is 4.18. The fourth-order valence-corrected chi connectivity index (χ4v) is 0.346. The highest BCUT2D eigenvalue weighted by atomic mass is 16.1. The van der Waals surface area contributed by atoms with Crippen LogP contribution in [0.2, 0.25) is 0 Å². The Kier molecular flexibility index (Phi) is 3.45. The summed E-state index contributed by atoms with van der Waals surface area (Å²) in [7, 11) is 0. The molecule has 0 saturated heterocycles. The van der Waals surface area contributed by atoms with Crippen molar-refractivity contribution in [2.45, 2.75) is 13.3 Å². The second-order valence-corrected chi connectivity index (χ2v) is 1.87. The molecule has 0 aromatic carbocycles. The molecule has 0 bridgehead atoms. The third kappa shape index (κ3) is 3.53. The average Bonchev–Trinajstić information content (AvgIpc) is 1.82. The summed E-state index contributed by atoms with van der Waals surface area (Å²) in [5.41, 5.74) is 4.91. The van der Waals surface area contributed by atoms with Crippen molar-refractivity contribution in [1.82, 2.24) is 0 Å². The van der Waals surface area contributed by atoms with Gasteiger partial charge in [-0.25, -0.2) is 0 Å². The van der Waals surface area contributed by atoms with E-state index in [9.17, 15) is 4.79 Å². The molecule has 0 spiro atoms. The van der Waals surface area contributed by atoms with Crippen molar-refractivity contribution in [2.24, 2.45) is 11.7 Å². The quantitative estimate of drug-likeness (QED) is 0.586. The van der Waals surface area contributed by atoms with Crippen molar-refractivity contribution in [3.63, 3.8) is 0 Å². The van der Waals surface area contributed by atoms with Crippen LogP contribution in [0.15, 0.2) is 0 Å². The lowest BCUT2D eigenvalue weighted by Gasteiger charge is -2.00. The maximum absolute atomic E-state index is 10.3. The highest BCUT2D eigenvalue weighted by Gasteiger charge is 2.06. The maximum Gasteiger partial charge on any atom is 0.220 e. The number of rotatable bonds is 3. The third-order valence-corrected chi connectivity index (χ3v) is 1.05. The zero-order chi connectivity index (χ0) is 7.28. The van der Waals surface area contributed by atoms with E-state index in [4.69, 9.17) is 11.0 Å². The Morgan fingerprint density at radius 1 is 2.00 bits per heavy atom. The fourth-order valence-electron chi connectivity index (χ4n) is 0.346. The van der Waals surface area contributed by atoms with Crippen LogP contribution in [-0.4, -0.2) is 5.91 Å². The number of nitriles is 1. The summed E-state index contributed by atoms with van der Waals surface area (Å²) in [4.78, 5) is 10.3. The van der Waals surface area contributed by atoms with Crippen LogP contribution < -0.4 is 5.73 Å². The zero-order valence-corrected chi connectivity index (χ0v) is 5.29. The second-order valence-electron chi connectivity index (χ2n) is 1.87. The molecule has 3 nitrogen and oxygen atoms in total. The van der Waals surface area contributed by atoms with Gasteiger partial charge in [-0.15, -0.1) is 0 Å². The molecule has 49 valence electrons. The van der Waals surface area contributed by atoms with Gasteiger partial charge in [-0.1, -0.05) is 6.92 Å². The molecule has 0 aromatic rings. The van der Waals surface area contributed by atoms with Gasteiger partial charge in [-0.3, -0.25) is 4.79 Å². The molecule has 1 atom stereocenters. The molecule has 0 unspecified atom stereocenters. The molecule has 3 heteroatoms. The minimum Gasteiger partial charge on any atom is -0.369 e. The summed E-state index contributed by atoms with van der Waals surface area (Å²) >= 11 is 0. The third-order valence-electron chi connectivity index (χ3n) is 1.05.